The third-order valence-electron chi connectivity index (χ3n) is 8.77. The first-order valence-electron chi connectivity index (χ1n) is 11.9. The molecule has 1 aliphatic heterocycles. The Bertz CT molecular complexity index is 970. The molecule has 0 spiro atoms. The molecule has 1 saturated heterocycles. The molecule has 1 heterocycles. The maximum Gasteiger partial charge on any atom is 0.233 e. The lowest BCUT2D eigenvalue weighted by Gasteiger charge is -2.37. The smallest absolute Gasteiger partial charge is 0.233 e. The van der Waals surface area contributed by atoms with Gasteiger partial charge < -0.3 is 5.32 Å². The Balaban J connectivity index is 1.11. The van der Waals surface area contributed by atoms with Gasteiger partial charge in [0.05, 0.1) is 11.8 Å². The van der Waals surface area contributed by atoms with Crippen molar-refractivity contribution in [3.05, 3.63) is 41.5 Å². The minimum absolute atomic E-state index is 0.0357. The molecule has 162 valence electrons. The molecule has 5 heteroatoms. The highest BCUT2D eigenvalue weighted by atomic mass is 16.2. The highest BCUT2D eigenvalue weighted by Gasteiger charge is 2.67. The Morgan fingerprint density at radius 1 is 0.935 bits per heavy atom. The molecular formula is C26H30N2O3. The molecule has 6 aliphatic rings. The molecule has 5 nitrogen and oxygen atoms in total. The van der Waals surface area contributed by atoms with Crippen molar-refractivity contribution in [2.45, 2.75) is 52.0 Å². The summed E-state index contributed by atoms with van der Waals surface area (Å²) in [4.78, 5) is 41.1. The number of nitrogens with one attached hydrogen (secondary N) is 1. The molecule has 0 unspecified atom stereocenters. The second-order valence-corrected chi connectivity index (χ2v) is 10.5. The normalized spacial score (nSPS) is 40.0. The topological polar surface area (TPSA) is 66.5 Å². The van der Waals surface area contributed by atoms with E-state index in [0.29, 0.717) is 11.8 Å². The summed E-state index contributed by atoms with van der Waals surface area (Å²) in [5.74, 6) is 1.75. The van der Waals surface area contributed by atoms with Crippen molar-refractivity contribution in [1.29, 1.82) is 0 Å². The average molecular weight is 419 g/mol. The van der Waals surface area contributed by atoms with E-state index in [1.165, 1.54) is 12.0 Å². The first-order chi connectivity index (χ1) is 14.9. The largest absolute Gasteiger partial charge is 0.326 e. The van der Waals surface area contributed by atoms with Crippen LogP contribution in [0.15, 0.2) is 30.4 Å². The van der Waals surface area contributed by atoms with Crippen LogP contribution in [0, 0.1) is 55.3 Å². The van der Waals surface area contributed by atoms with Gasteiger partial charge in [-0.05, 0) is 81.3 Å². The lowest BCUT2D eigenvalue weighted by molar-refractivity contribution is -0.144. The van der Waals surface area contributed by atoms with Crippen LogP contribution in [0.25, 0.3) is 0 Å². The highest BCUT2D eigenvalue weighted by molar-refractivity contribution is 6.06. The van der Waals surface area contributed by atoms with E-state index in [1.807, 2.05) is 26.0 Å². The molecule has 2 bridgehead atoms. The zero-order valence-corrected chi connectivity index (χ0v) is 18.2. The Morgan fingerprint density at radius 2 is 1.55 bits per heavy atom. The lowest BCUT2D eigenvalue weighted by atomic mass is 9.63. The van der Waals surface area contributed by atoms with Crippen LogP contribution in [0.2, 0.25) is 0 Å². The van der Waals surface area contributed by atoms with E-state index >= 15 is 0 Å². The van der Waals surface area contributed by atoms with Gasteiger partial charge in [0, 0.05) is 17.6 Å². The number of aryl methyl sites for hydroxylation is 2. The van der Waals surface area contributed by atoms with Crippen LogP contribution < -0.4 is 5.32 Å². The number of rotatable bonds is 3. The van der Waals surface area contributed by atoms with Gasteiger partial charge in [-0.25, -0.2) is 0 Å². The maximum atomic E-state index is 13.3. The van der Waals surface area contributed by atoms with Gasteiger partial charge in [0.2, 0.25) is 17.7 Å². The summed E-state index contributed by atoms with van der Waals surface area (Å²) in [6.45, 7) is 4.05. The van der Waals surface area contributed by atoms with Crippen LogP contribution >= 0.6 is 0 Å². The van der Waals surface area contributed by atoms with E-state index in [9.17, 15) is 14.4 Å². The molecule has 1 aromatic carbocycles. The van der Waals surface area contributed by atoms with E-state index in [2.05, 4.69) is 23.5 Å². The Kier molecular flexibility index (Phi) is 4.22. The molecule has 6 atom stereocenters. The second kappa shape index (κ2) is 6.78. The molecule has 1 aromatic rings. The third kappa shape index (κ3) is 2.85. The summed E-state index contributed by atoms with van der Waals surface area (Å²) in [6.07, 6.45) is 8.56. The van der Waals surface area contributed by atoms with Crippen LogP contribution in [-0.2, 0) is 14.4 Å². The van der Waals surface area contributed by atoms with E-state index in [0.717, 1.165) is 36.9 Å². The summed E-state index contributed by atoms with van der Waals surface area (Å²) in [7, 11) is 0. The minimum Gasteiger partial charge on any atom is -0.326 e. The number of amides is 3. The van der Waals surface area contributed by atoms with Crippen LogP contribution in [0.5, 0.6) is 0 Å². The minimum atomic E-state index is -0.114. The first kappa shape index (κ1) is 19.3. The Morgan fingerprint density at radius 3 is 2.13 bits per heavy atom. The molecule has 3 saturated carbocycles. The molecule has 1 N–H and O–H groups in total. The number of anilines is 1. The van der Waals surface area contributed by atoms with Crippen molar-refractivity contribution in [3.63, 3.8) is 0 Å². The fourth-order valence-corrected chi connectivity index (χ4v) is 7.12. The van der Waals surface area contributed by atoms with Gasteiger partial charge in [0.25, 0.3) is 0 Å². The van der Waals surface area contributed by atoms with E-state index in [4.69, 9.17) is 0 Å². The lowest BCUT2D eigenvalue weighted by Crippen LogP contribution is -2.44. The van der Waals surface area contributed by atoms with Crippen molar-refractivity contribution in [2.75, 3.05) is 5.32 Å². The summed E-state index contributed by atoms with van der Waals surface area (Å²) in [6, 6.07) is 6.01. The zero-order chi connectivity index (χ0) is 21.4. The van der Waals surface area contributed by atoms with Crippen LogP contribution in [0.4, 0.5) is 5.69 Å². The van der Waals surface area contributed by atoms with Crippen molar-refractivity contribution in [1.82, 2.24) is 4.90 Å². The van der Waals surface area contributed by atoms with Crippen LogP contribution in [0.1, 0.15) is 43.2 Å². The number of imide groups is 1. The van der Waals surface area contributed by atoms with Crippen molar-refractivity contribution >= 4 is 23.4 Å². The second-order valence-electron chi connectivity index (χ2n) is 10.5. The molecule has 4 fully saturated rings. The summed E-state index contributed by atoms with van der Waals surface area (Å²) < 4.78 is 0. The van der Waals surface area contributed by atoms with Gasteiger partial charge in [-0.2, -0.15) is 0 Å². The SMILES string of the molecule is Cc1ccc(NC(=O)C2CCC(N3C(=O)[C@@H]4[C@H]5C=C[C@H]([C@H]6C[C@H]56)[C@@H]4C3=O)CC2)c(C)c1. The number of likely N-dealkylation sites (tertiary alicyclic amines) is 1. The maximum absolute atomic E-state index is 13.3. The van der Waals surface area contributed by atoms with Crippen molar-refractivity contribution < 1.29 is 14.4 Å². The van der Waals surface area contributed by atoms with Gasteiger partial charge in [-0.15, -0.1) is 0 Å². The number of benzene rings is 1. The summed E-state index contributed by atoms with van der Waals surface area (Å²) in [5.41, 5.74) is 3.12. The Labute approximate surface area is 183 Å². The number of hydrogen-bond donors (Lipinski definition) is 1. The summed E-state index contributed by atoms with van der Waals surface area (Å²) >= 11 is 0. The molecule has 7 rings (SSSR count). The fourth-order valence-electron chi connectivity index (χ4n) is 7.12. The quantitative estimate of drug-likeness (QED) is 0.599. The van der Waals surface area contributed by atoms with Gasteiger partial charge in [-0.1, -0.05) is 29.8 Å². The van der Waals surface area contributed by atoms with E-state index in [1.54, 1.807) is 4.90 Å². The zero-order valence-electron chi connectivity index (χ0n) is 18.2. The summed E-state index contributed by atoms with van der Waals surface area (Å²) in [5, 5.41) is 3.08. The predicted molar refractivity (Wildman–Crippen MR) is 117 cm³/mol. The molecule has 0 aromatic heterocycles. The number of carbonyl (C=O) groups excluding carboxylic acids is 3. The monoisotopic (exact) mass is 418 g/mol. The van der Waals surface area contributed by atoms with E-state index < -0.39 is 0 Å². The fraction of sp³-hybridized carbons (Fsp3) is 0.577. The van der Waals surface area contributed by atoms with Crippen molar-refractivity contribution in [2.24, 2.45) is 41.4 Å². The average Bonchev–Trinajstić information content (AvgIpc) is 3.54. The molecule has 31 heavy (non-hydrogen) atoms. The van der Waals surface area contributed by atoms with Crippen LogP contribution in [0.3, 0.4) is 0 Å². The number of nitrogens with zero attached hydrogens (tertiary/aromatic N) is 1. The third-order valence-corrected chi connectivity index (χ3v) is 8.77. The van der Waals surface area contributed by atoms with Gasteiger partial charge in [0.1, 0.15) is 0 Å². The first-order valence-corrected chi connectivity index (χ1v) is 11.9. The number of carbonyl (C=O) groups is 3. The van der Waals surface area contributed by atoms with Crippen molar-refractivity contribution in [3.8, 4) is 0 Å². The molecular weight excluding hydrogens is 388 g/mol. The predicted octanol–water partition coefficient (Wildman–Crippen LogP) is 3.85. The molecule has 0 radical (unpaired) electrons. The van der Waals surface area contributed by atoms with Gasteiger partial charge >= 0.3 is 0 Å². The molecule has 3 amide bonds. The number of allylic oxidation sites excluding steroid dienone is 2. The van der Waals surface area contributed by atoms with E-state index in [-0.39, 0.29) is 53.4 Å². The van der Waals surface area contributed by atoms with Gasteiger partial charge in [-0.3, -0.25) is 19.3 Å². The number of hydrogen-bond acceptors (Lipinski definition) is 3. The standard InChI is InChI=1S/C26H30N2O3/c1-13-3-10-21(14(2)11-13)27-24(29)15-4-6-16(7-5-15)28-25(30)22-17-8-9-18(20-12-19(17)20)23(22)26(28)31/h3,8-11,15-20,22-23H,4-7,12H2,1-2H3,(H,27,29)/t15?,16?,17-,18+,19-,20-,22+,23-/m1/s1. The Hall–Kier alpha value is -2.43. The molecule has 5 aliphatic carbocycles. The highest BCUT2D eigenvalue weighted by Crippen LogP contribution is 2.65. The van der Waals surface area contributed by atoms with Crippen LogP contribution in [-0.4, -0.2) is 28.7 Å². The van der Waals surface area contributed by atoms with Gasteiger partial charge in [0.15, 0.2) is 0 Å².